The molecule has 150 valence electrons. The van der Waals surface area contributed by atoms with Gasteiger partial charge in [0.15, 0.2) is 5.65 Å². The Bertz CT molecular complexity index is 1380. The maximum absolute atomic E-state index is 12.7. The molecular formula is C22H18N4O4. The van der Waals surface area contributed by atoms with Crippen LogP contribution in [0.5, 0.6) is 0 Å². The van der Waals surface area contributed by atoms with Crippen LogP contribution in [0, 0.1) is 0 Å². The molecule has 0 bridgehead atoms. The third kappa shape index (κ3) is 3.58. The Hall–Kier alpha value is -4.20. The Kier molecular flexibility index (Phi) is 4.89. The van der Waals surface area contributed by atoms with Gasteiger partial charge in [-0.25, -0.2) is 14.6 Å². The summed E-state index contributed by atoms with van der Waals surface area (Å²) in [6.07, 6.45) is 2.54. The number of hydrogen-bond donors (Lipinski definition) is 2. The number of nitrogens with zero attached hydrogens (tertiary/aromatic N) is 3. The molecule has 8 heteroatoms. The summed E-state index contributed by atoms with van der Waals surface area (Å²) in [5.74, 6) is -0.577. The summed E-state index contributed by atoms with van der Waals surface area (Å²) in [4.78, 5) is 43.6. The second-order valence-electron chi connectivity index (χ2n) is 6.80. The lowest BCUT2D eigenvalue weighted by Crippen LogP contribution is -2.38. The van der Waals surface area contributed by atoms with E-state index in [9.17, 15) is 14.4 Å². The largest absolute Gasteiger partial charge is 0.478 e. The fourth-order valence-corrected chi connectivity index (χ4v) is 3.20. The molecule has 0 atom stereocenters. The van der Waals surface area contributed by atoms with Crippen LogP contribution in [0.3, 0.4) is 0 Å². The topological polar surface area (TPSA) is 110 Å². The van der Waals surface area contributed by atoms with Crippen LogP contribution in [0.25, 0.3) is 28.6 Å². The lowest BCUT2D eigenvalue weighted by molar-refractivity contribution is -0.131. The number of carboxylic acid groups (broad SMARTS) is 1. The highest BCUT2D eigenvalue weighted by molar-refractivity contribution is 5.85. The number of aliphatic carboxylic acids is 1. The normalized spacial score (nSPS) is 11.4. The summed E-state index contributed by atoms with van der Waals surface area (Å²) < 4.78 is 2.53. The van der Waals surface area contributed by atoms with E-state index in [1.54, 1.807) is 24.3 Å². The lowest BCUT2D eigenvalue weighted by atomic mass is 10.1. The zero-order valence-electron chi connectivity index (χ0n) is 16.1. The number of nitrogens with one attached hydrogen (secondary N) is 1. The van der Waals surface area contributed by atoms with Crippen molar-refractivity contribution in [2.24, 2.45) is 7.05 Å². The zero-order chi connectivity index (χ0) is 21.3. The van der Waals surface area contributed by atoms with Gasteiger partial charge in [-0.05, 0) is 17.2 Å². The molecule has 2 heterocycles. The summed E-state index contributed by atoms with van der Waals surface area (Å²) >= 11 is 0. The van der Waals surface area contributed by atoms with Crippen molar-refractivity contribution in [3.05, 3.63) is 92.6 Å². The number of fused-ring (bicyclic) bond motifs is 1. The molecule has 0 fully saturated rings. The second kappa shape index (κ2) is 7.67. The van der Waals surface area contributed by atoms with Crippen LogP contribution in [0.1, 0.15) is 11.1 Å². The van der Waals surface area contributed by atoms with E-state index < -0.39 is 17.2 Å². The first kappa shape index (κ1) is 19.1. The first-order chi connectivity index (χ1) is 14.4. The fourth-order valence-electron chi connectivity index (χ4n) is 3.20. The average molecular weight is 402 g/mol. The monoisotopic (exact) mass is 402 g/mol. The molecule has 30 heavy (non-hydrogen) atoms. The first-order valence-corrected chi connectivity index (χ1v) is 9.19. The molecule has 0 aliphatic carbocycles. The minimum atomic E-state index is -1.02. The van der Waals surface area contributed by atoms with Gasteiger partial charge in [-0.2, -0.15) is 0 Å². The molecule has 2 aromatic carbocycles. The standard InChI is InChI=1S/C22H18N4O4/c1-25-21(29)18-20(26(22(25)30)13-15-5-3-2-4-6-15)24-19(23-18)16-10-7-14(8-11-16)9-12-17(27)28/h2-12H,13H2,1H3,(H,23,24)(H,27,28). The summed E-state index contributed by atoms with van der Waals surface area (Å²) in [5, 5.41) is 8.73. The van der Waals surface area contributed by atoms with E-state index >= 15 is 0 Å². The molecule has 0 saturated carbocycles. The Morgan fingerprint density at radius 3 is 2.47 bits per heavy atom. The van der Waals surface area contributed by atoms with Crippen LogP contribution in [0.4, 0.5) is 0 Å². The van der Waals surface area contributed by atoms with Crippen molar-refractivity contribution >= 4 is 23.2 Å². The molecule has 0 unspecified atom stereocenters. The quantitative estimate of drug-likeness (QED) is 0.498. The van der Waals surface area contributed by atoms with Crippen molar-refractivity contribution in [2.45, 2.75) is 6.54 Å². The van der Waals surface area contributed by atoms with Gasteiger partial charge in [0.2, 0.25) is 0 Å². The maximum atomic E-state index is 12.7. The molecule has 4 rings (SSSR count). The van der Waals surface area contributed by atoms with Gasteiger partial charge < -0.3 is 10.1 Å². The van der Waals surface area contributed by atoms with Crippen LogP contribution < -0.4 is 11.2 Å². The molecule has 0 aliphatic heterocycles. The van der Waals surface area contributed by atoms with E-state index in [0.29, 0.717) is 17.0 Å². The van der Waals surface area contributed by atoms with E-state index in [1.807, 2.05) is 30.3 Å². The van der Waals surface area contributed by atoms with Gasteiger partial charge in [-0.3, -0.25) is 13.9 Å². The van der Waals surface area contributed by atoms with Crippen LogP contribution in [-0.4, -0.2) is 30.2 Å². The number of aromatic amines is 1. The molecule has 4 aromatic rings. The average Bonchev–Trinajstić information content (AvgIpc) is 3.20. The van der Waals surface area contributed by atoms with E-state index in [-0.39, 0.29) is 17.7 Å². The Balaban J connectivity index is 1.81. The smallest absolute Gasteiger partial charge is 0.332 e. The van der Waals surface area contributed by atoms with Crippen LogP contribution >= 0.6 is 0 Å². The summed E-state index contributed by atoms with van der Waals surface area (Å²) in [6, 6.07) is 16.5. The SMILES string of the molecule is Cn1c(=O)c2[nH]c(-c3ccc(C=CC(=O)O)cc3)nc2n(Cc2ccccc2)c1=O. The number of imidazole rings is 1. The molecule has 2 N–H and O–H groups in total. The number of carbonyl (C=O) groups is 1. The van der Waals surface area contributed by atoms with E-state index in [1.165, 1.54) is 17.7 Å². The number of aromatic nitrogens is 4. The van der Waals surface area contributed by atoms with Gasteiger partial charge >= 0.3 is 11.7 Å². The van der Waals surface area contributed by atoms with E-state index in [4.69, 9.17) is 5.11 Å². The van der Waals surface area contributed by atoms with Gasteiger partial charge in [-0.15, -0.1) is 0 Å². The van der Waals surface area contributed by atoms with E-state index in [0.717, 1.165) is 16.2 Å². The van der Waals surface area contributed by atoms with Gasteiger partial charge in [0.25, 0.3) is 5.56 Å². The van der Waals surface area contributed by atoms with Crippen molar-refractivity contribution in [2.75, 3.05) is 0 Å². The molecule has 8 nitrogen and oxygen atoms in total. The third-order valence-electron chi connectivity index (χ3n) is 4.76. The first-order valence-electron chi connectivity index (χ1n) is 9.19. The molecule has 0 radical (unpaired) electrons. The highest BCUT2D eigenvalue weighted by Crippen LogP contribution is 2.20. The van der Waals surface area contributed by atoms with Crippen molar-refractivity contribution in [1.29, 1.82) is 0 Å². The van der Waals surface area contributed by atoms with Crippen LogP contribution in [0.15, 0.2) is 70.3 Å². The highest BCUT2D eigenvalue weighted by Gasteiger charge is 2.16. The molecular weight excluding hydrogens is 384 g/mol. The van der Waals surface area contributed by atoms with Gasteiger partial charge in [0.1, 0.15) is 11.3 Å². The van der Waals surface area contributed by atoms with Crippen LogP contribution in [0.2, 0.25) is 0 Å². The van der Waals surface area contributed by atoms with Crippen LogP contribution in [-0.2, 0) is 18.4 Å². The number of benzene rings is 2. The number of H-pyrrole nitrogens is 1. The minimum Gasteiger partial charge on any atom is -0.478 e. The van der Waals surface area contributed by atoms with E-state index in [2.05, 4.69) is 9.97 Å². The summed E-state index contributed by atoms with van der Waals surface area (Å²) in [5.41, 5.74) is 1.99. The molecule has 0 aliphatic rings. The second-order valence-corrected chi connectivity index (χ2v) is 6.80. The van der Waals surface area contributed by atoms with Crippen molar-refractivity contribution in [3.63, 3.8) is 0 Å². The predicted octanol–water partition coefficient (Wildman–Crippen LogP) is 2.24. The van der Waals surface area contributed by atoms with Gasteiger partial charge in [0, 0.05) is 18.7 Å². The fraction of sp³-hybridized carbons (Fsp3) is 0.0909. The predicted molar refractivity (Wildman–Crippen MR) is 113 cm³/mol. The molecule has 0 amide bonds. The van der Waals surface area contributed by atoms with Crippen molar-refractivity contribution in [3.8, 4) is 11.4 Å². The number of rotatable bonds is 5. The molecule has 2 aromatic heterocycles. The minimum absolute atomic E-state index is 0.248. The van der Waals surface area contributed by atoms with Gasteiger partial charge in [-0.1, -0.05) is 54.6 Å². The zero-order valence-corrected chi connectivity index (χ0v) is 16.1. The van der Waals surface area contributed by atoms with Crippen molar-refractivity contribution < 1.29 is 9.90 Å². The molecule has 0 spiro atoms. The number of carboxylic acids is 1. The van der Waals surface area contributed by atoms with Crippen molar-refractivity contribution in [1.82, 2.24) is 19.1 Å². The number of hydrogen-bond acceptors (Lipinski definition) is 4. The summed E-state index contributed by atoms with van der Waals surface area (Å²) in [6.45, 7) is 0.285. The Morgan fingerprint density at radius 1 is 1.10 bits per heavy atom. The Labute approximate surface area is 170 Å². The highest BCUT2D eigenvalue weighted by atomic mass is 16.4. The maximum Gasteiger partial charge on any atom is 0.332 e. The Morgan fingerprint density at radius 2 is 1.80 bits per heavy atom. The lowest BCUT2D eigenvalue weighted by Gasteiger charge is -2.08. The molecule has 0 saturated heterocycles. The third-order valence-corrected chi connectivity index (χ3v) is 4.76. The summed E-state index contributed by atoms with van der Waals surface area (Å²) in [7, 11) is 1.44. The van der Waals surface area contributed by atoms with Gasteiger partial charge in [0.05, 0.1) is 6.54 Å².